The van der Waals surface area contributed by atoms with Gasteiger partial charge in [0.05, 0.1) is 0 Å². The van der Waals surface area contributed by atoms with Gasteiger partial charge in [-0.15, -0.1) is 0 Å². The van der Waals surface area contributed by atoms with Crippen LogP contribution in [0.1, 0.15) is 0 Å². The highest BCUT2D eigenvalue weighted by atomic mass is 127. The maximum atomic E-state index is 2.70. The third-order valence-electron chi connectivity index (χ3n) is 3.95. The standard InChI is InChI=1S/C20H20INP/c1-22(2)17-13-15-20(16-14-17)23(21,18-9-5-3-6-10-18)19-11-7-4-8-12-19/h3-16H,1-2H3/q+1. The molecule has 0 unspecified atom stereocenters. The summed E-state index contributed by atoms with van der Waals surface area (Å²) in [5.74, 6) is 0. The molecule has 0 bridgehead atoms. The Labute approximate surface area is 152 Å². The minimum Gasteiger partial charge on any atom is -0.378 e. The first-order valence-electron chi connectivity index (χ1n) is 7.60. The molecule has 0 aliphatic carbocycles. The van der Waals surface area contributed by atoms with E-state index in [1.54, 1.807) is 0 Å². The molecule has 1 nitrogen and oxygen atoms in total. The zero-order valence-corrected chi connectivity index (χ0v) is 16.4. The Kier molecular flexibility index (Phi) is 5.03. The molecule has 0 aromatic heterocycles. The number of benzene rings is 3. The van der Waals surface area contributed by atoms with Crippen LogP contribution < -0.4 is 20.8 Å². The summed E-state index contributed by atoms with van der Waals surface area (Å²) >= 11 is 2.70. The second-order valence-corrected chi connectivity index (χ2v) is 12.7. The second kappa shape index (κ2) is 7.02. The SMILES string of the molecule is CN(C)c1ccc([P+](I)(c2ccccc2)c2ccccc2)cc1. The number of nitrogens with zero attached hydrogens (tertiary/aromatic N) is 1. The Balaban J connectivity index is 2.16. The number of hydrogen-bond donors (Lipinski definition) is 0. The Bertz CT molecular complexity index is 715. The lowest BCUT2D eigenvalue weighted by molar-refractivity contribution is 1.13. The molecule has 3 aromatic rings. The molecule has 116 valence electrons. The van der Waals surface area contributed by atoms with Gasteiger partial charge >= 0.3 is 0 Å². The van der Waals surface area contributed by atoms with Crippen molar-refractivity contribution in [3.8, 4) is 0 Å². The molecule has 0 saturated heterocycles. The molecule has 0 radical (unpaired) electrons. The summed E-state index contributed by atoms with van der Waals surface area (Å²) in [6, 6.07) is 30.8. The van der Waals surface area contributed by atoms with Crippen LogP contribution in [-0.4, -0.2) is 14.1 Å². The molecule has 0 fully saturated rings. The van der Waals surface area contributed by atoms with E-state index in [-0.39, 0.29) is 0 Å². The van der Waals surface area contributed by atoms with Crippen molar-refractivity contribution >= 4 is 48.5 Å². The number of hydrogen-bond acceptors (Lipinski definition) is 1. The Hall–Kier alpha value is -1.38. The van der Waals surface area contributed by atoms with E-state index in [9.17, 15) is 0 Å². The van der Waals surface area contributed by atoms with Crippen molar-refractivity contribution < 1.29 is 0 Å². The van der Waals surface area contributed by atoms with Gasteiger partial charge in [0, 0.05) is 19.8 Å². The minimum atomic E-state index is -1.63. The molecular formula is C20H20INP+. The lowest BCUT2D eigenvalue weighted by atomic mass is 10.3. The summed E-state index contributed by atoms with van der Waals surface area (Å²) in [6.45, 7) is 0. The largest absolute Gasteiger partial charge is 0.378 e. The maximum Gasteiger partial charge on any atom is 0.173 e. The van der Waals surface area contributed by atoms with Gasteiger partial charge in [0.25, 0.3) is 0 Å². The second-order valence-electron chi connectivity index (χ2n) is 5.67. The third-order valence-corrected chi connectivity index (χ3v) is 12.0. The highest BCUT2D eigenvalue weighted by molar-refractivity contribution is 14.2. The number of anilines is 1. The topological polar surface area (TPSA) is 3.24 Å². The van der Waals surface area contributed by atoms with Crippen LogP contribution in [0.4, 0.5) is 5.69 Å². The average Bonchev–Trinajstić information content (AvgIpc) is 2.62. The maximum absolute atomic E-state index is 2.70. The van der Waals surface area contributed by atoms with Gasteiger partial charge in [-0.05, 0) is 48.5 Å². The Morgan fingerprint density at radius 3 is 1.39 bits per heavy atom. The first kappa shape index (κ1) is 16.5. The van der Waals surface area contributed by atoms with E-state index < -0.39 is 4.90 Å². The molecule has 3 rings (SSSR count). The van der Waals surface area contributed by atoms with E-state index in [0.29, 0.717) is 0 Å². The van der Waals surface area contributed by atoms with Crippen molar-refractivity contribution in [2.24, 2.45) is 0 Å². The molecule has 3 heteroatoms. The van der Waals surface area contributed by atoms with E-state index in [4.69, 9.17) is 0 Å². The molecule has 0 aliphatic rings. The highest BCUT2D eigenvalue weighted by Crippen LogP contribution is 2.63. The van der Waals surface area contributed by atoms with Crippen molar-refractivity contribution in [1.29, 1.82) is 0 Å². The molecule has 0 saturated carbocycles. The Morgan fingerprint density at radius 1 is 0.609 bits per heavy atom. The van der Waals surface area contributed by atoms with Gasteiger partial charge in [0.2, 0.25) is 0 Å². The summed E-state index contributed by atoms with van der Waals surface area (Å²) < 4.78 is 0. The van der Waals surface area contributed by atoms with Gasteiger partial charge in [-0.25, -0.2) is 0 Å². The van der Waals surface area contributed by atoms with Gasteiger partial charge in [-0.3, -0.25) is 0 Å². The number of halogens is 1. The van der Waals surface area contributed by atoms with Crippen molar-refractivity contribution in [2.75, 3.05) is 19.0 Å². The van der Waals surface area contributed by atoms with E-state index in [1.807, 2.05) is 0 Å². The summed E-state index contributed by atoms with van der Waals surface area (Å²) in [5, 5.41) is 4.22. The van der Waals surface area contributed by atoms with Crippen LogP contribution in [0.15, 0.2) is 84.9 Å². The molecule has 0 N–H and O–H groups in total. The third kappa shape index (κ3) is 3.29. The minimum absolute atomic E-state index is 1.23. The van der Waals surface area contributed by atoms with Crippen molar-refractivity contribution in [1.82, 2.24) is 0 Å². The molecule has 23 heavy (non-hydrogen) atoms. The van der Waals surface area contributed by atoms with E-state index in [1.165, 1.54) is 21.6 Å². The first-order valence-corrected chi connectivity index (χ1v) is 12.2. The summed E-state index contributed by atoms with van der Waals surface area (Å²) in [7, 11) is 4.16. The van der Waals surface area contributed by atoms with Crippen LogP contribution in [-0.2, 0) is 0 Å². The smallest absolute Gasteiger partial charge is 0.173 e. The summed E-state index contributed by atoms with van der Waals surface area (Å²) in [6.07, 6.45) is 0. The van der Waals surface area contributed by atoms with Crippen molar-refractivity contribution in [2.45, 2.75) is 0 Å². The van der Waals surface area contributed by atoms with Crippen molar-refractivity contribution in [3.05, 3.63) is 84.9 Å². The average molecular weight is 432 g/mol. The van der Waals surface area contributed by atoms with E-state index in [0.717, 1.165) is 0 Å². The van der Waals surface area contributed by atoms with Crippen LogP contribution in [0.5, 0.6) is 0 Å². The van der Waals surface area contributed by atoms with Gasteiger partial charge in [0.15, 0.2) is 26.9 Å². The molecule has 0 spiro atoms. The predicted molar refractivity (Wildman–Crippen MR) is 113 cm³/mol. The molecule has 0 aliphatic heterocycles. The van der Waals surface area contributed by atoms with Crippen LogP contribution in [0.25, 0.3) is 0 Å². The zero-order chi connectivity index (χ0) is 16.3. The van der Waals surface area contributed by atoms with E-state index in [2.05, 4.69) is 126 Å². The van der Waals surface area contributed by atoms with Crippen LogP contribution in [0.2, 0.25) is 0 Å². The summed E-state index contributed by atoms with van der Waals surface area (Å²) in [5.41, 5.74) is 1.23. The van der Waals surface area contributed by atoms with Crippen LogP contribution in [0, 0.1) is 0 Å². The fraction of sp³-hybridized carbons (Fsp3) is 0.100. The lowest BCUT2D eigenvalue weighted by Gasteiger charge is -2.21. The van der Waals surface area contributed by atoms with Crippen LogP contribution in [0.3, 0.4) is 0 Å². The first-order chi connectivity index (χ1) is 11.1. The Morgan fingerprint density at radius 2 is 1.00 bits per heavy atom. The predicted octanol–water partition coefficient (Wildman–Crippen LogP) is 4.40. The van der Waals surface area contributed by atoms with Crippen molar-refractivity contribution in [3.63, 3.8) is 0 Å². The van der Waals surface area contributed by atoms with Gasteiger partial charge in [0.1, 0.15) is 15.9 Å². The fourth-order valence-electron chi connectivity index (χ4n) is 2.67. The van der Waals surface area contributed by atoms with E-state index >= 15 is 0 Å². The van der Waals surface area contributed by atoms with Gasteiger partial charge in [-0.1, -0.05) is 36.4 Å². The highest BCUT2D eigenvalue weighted by Gasteiger charge is 2.43. The molecule has 0 amide bonds. The molecular weight excluding hydrogens is 412 g/mol. The number of rotatable bonds is 4. The quantitative estimate of drug-likeness (QED) is 0.437. The fourth-order valence-corrected chi connectivity index (χ4v) is 8.19. The lowest BCUT2D eigenvalue weighted by Crippen LogP contribution is -2.26. The monoisotopic (exact) mass is 432 g/mol. The molecule has 0 heterocycles. The molecule has 0 atom stereocenters. The van der Waals surface area contributed by atoms with Gasteiger partial charge in [-0.2, -0.15) is 0 Å². The summed E-state index contributed by atoms with van der Waals surface area (Å²) in [4.78, 5) is 0.516. The van der Waals surface area contributed by atoms with Gasteiger partial charge < -0.3 is 4.90 Å². The van der Waals surface area contributed by atoms with Crippen LogP contribution >= 0.6 is 26.9 Å². The zero-order valence-electron chi connectivity index (χ0n) is 13.4. The molecule has 3 aromatic carbocycles. The normalized spacial score (nSPS) is 11.3.